The summed E-state index contributed by atoms with van der Waals surface area (Å²) in [5, 5.41) is 12.4. The Morgan fingerprint density at radius 2 is 1.81 bits per heavy atom. The molecular formula is C16H28N2O3. The van der Waals surface area contributed by atoms with Crippen molar-refractivity contribution in [2.75, 3.05) is 20.1 Å². The van der Waals surface area contributed by atoms with Crippen LogP contribution in [0.15, 0.2) is 0 Å². The van der Waals surface area contributed by atoms with E-state index in [1.807, 2.05) is 0 Å². The van der Waals surface area contributed by atoms with Gasteiger partial charge in [-0.05, 0) is 31.1 Å². The fourth-order valence-corrected chi connectivity index (χ4v) is 3.34. The Labute approximate surface area is 127 Å². The average molecular weight is 296 g/mol. The molecule has 2 unspecified atom stereocenters. The van der Waals surface area contributed by atoms with Gasteiger partial charge in [0.05, 0.1) is 5.41 Å². The number of carbonyl (C=O) groups excluding carboxylic acids is 1. The zero-order valence-corrected chi connectivity index (χ0v) is 13.2. The first-order chi connectivity index (χ1) is 9.94. The first kappa shape index (κ1) is 16.1. The van der Waals surface area contributed by atoms with Crippen molar-refractivity contribution in [1.29, 1.82) is 0 Å². The number of carboxylic acids is 1. The Hall–Kier alpha value is -1.26. The lowest BCUT2D eigenvalue weighted by atomic mass is 9.80. The van der Waals surface area contributed by atoms with E-state index in [9.17, 15) is 14.7 Å². The third-order valence-corrected chi connectivity index (χ3v) is 5.22. The van der Waals surface area contributed by atoms with Crippen LogP contribution in [0.3, 0.4) is 0 Å². The minimum Gasteiger partial charge on any atom is -0.481 e. The van der Waals surface area contributed by atoms with Gasteiger partial charge in [-0.3, -0.25) is 4.79 Å². The van der Waals surface area contributed by atoms with Crippen molar-refractivity contribution < 1.29 is 14.7 Å². The maximum absolute atomic E-state index is 12.1. The van der Waals surface area contributed by atoms with E-state index in [1.165, 1.54) is 6.42 Å². The Kier molecular flexibility index (Phi) is 5.12. The summed E-state index contributed by atoms with van der Waals surface area (Å²) < 4.78 is 0. The number of amides is 2. The number of nitrogens with one attached hydrogen (secondary N) is 1. The summed E-state index contributed by atoms with van der Waals surface area (Å²) in [4.78, 5) is 25.5. The Morgan fingerprint density at radius 3 is 2.29 bits per heavy atom. The number of rotatable bonds is 5. The van der Waals surface area contributed by atoms with E-state index in [0.29, 0.717) is 24.7 Å². The SMILES string of the molecule is CC1CC1CN(C)C(=O)NCC1(C(=O)O)CCCCCC1. The molecule has 0 radical (unpaired) electrons. The molecule has 2 saturated carbocycles. The molecular weight excluding hydrogens is 268 g/mol. The fraction of sp³-hybridized carbons (Fsp3) is 0.875. The van der Waals surface area contributed by atoms with E-state index in [0.717, 1.165) is 32.2 Å². The number of nitrogens with zero attached hydrogens (tertiary/aromatic N) is 1. The number of aliphatic carboxylic acids is 1. The quantitative estimate of drug-likeness (QED) is 0.766. The van der Waals surface area contributed by atoms with Gasteiger partial charge in [0.15, 0.2) is 0 Å². The molecule has 2 aliphatic rings. The fourth-order valence-electron chi connectivity index (χ4n) is 3.34. The zero-order chi connectivity index (χ0) is 15.5. The molecule has 2 aliphatic carbocycles. The van der Waals surface area contributed by atoms with Crippen LogP contribution in [-0.4, -0.2) is 42.1 Å². The summed E-state index contributed by atoms with van der Waals surface area (Å²) in [6, 6.07) is -0.140. The van der Waals surface area contributed by atoms with Gasteiger partial charge < -0.3 is 15.3 Å². The first-order valence-electron chi connectivity index (χ1n) is 8.17. The minimum absolute atomic E-state index is 0.140. The lowest BCUT2D eigenvalue weighted by Crippen LogP contribution is -2.47. The van der Waals surface area contributed by atoms with Crippen LogP contribution in [0.25, 0.3) is 0 Å². The molecule has 2 rings (SSSR count). The molecule has 120 valence electrons. The van der Waals surface area contributed by atoms with Crippen molar-refractivity contribution in [3.05, 3.63) is 0 Å². The molecule has 2 N–H and O–H groups in total. The van der Waals surface area contributed by atoms with E-state index in [4.69, 9.17) is 0 Å². The summed E-state index contributed by atoms with van der Waals surface area (Å²) >= 11 is 0. The number of hydrogen-bond acceptors (Lipinski definition) is 2. The molecule has 0 aliphatic heterocycles. The highest BCUT2D eigenvalue weighted by atomic mass is 16.4. The van der Waals surface area contributed by atoms with Crippen molar-refractivity contribution >= 4 is 12.0 Å². The molecule has 21 heavy (non-hydrogen) atoms. The second kappa shape index (κ2) is 6.67. The third kappa shape index (κ3) is 4.11. The molecule has 5 heteroatoms. The highest BCUT2D eigenvalue weighted by Gasteiger charge is 2.39. The second-order valence-corrected chi connectivity index (χ2v) is 7.01. The number of carboxylic acid groups (broad SMARTS) is 1. The molecule has 0 spiro atoms. The molecule has 0 bridgehead atoms. The Balaban J connectivity index is 1.85. The summed E-state index contributed by atoms with van der Waals surface area (Å²) in [6.45, 7) is 3.22. The largest absolute Gasteiger partial charge is 0.481 e. The monoisotopic (exact) mass is 296 g/mol. The summed E-state index contributed by atoms with van der Waals surface area (Å²) in [7, 11) is 1.79. The van der Waals surface area contributed by atoms with Gasteiger partial charge in [0.1, 0.15) is 0 Å². The van der Waals surface area contributed by atoms with Gasteiger partial charge in [-0.2, -0.15) is 0 Å². The minimum atomic E-state index is -0.764. The van der Waals surface area contributed by atoms with Crippen LogP contribution >= 0.6 is 0 Å². The summed E-state index contributed by atoms with van der Waals surface area (Å²) in [5.41, 5.74) is -0.764. The molecule has 0 saturated heterocycles. The normalized spacial score (nSPS) is 27.5. The number of urea groups is 1. The van der Waals surface area contributed by atoms with E-state index >= 15 is 0 Å². The van der Waals surface area contributed by atoms with Crippen LogP contribution in [0.4, 0.5) is 4.79 Å². The lowest BCUT2D eigenvalue weighted by molar-refractivity contribution is -0.149. The Bertz CT molecular complexity index is 389. The van der Waals surface area contributed by atoms with Crippen molar-refractivity contribution in [2.24, 2.45) is 17.3 Å². The van der Waals surface area contributed by atoms with Gasteiger partial charge in [0.25, 0.3) is 0 Å². The molecule has 0 heterocycles. The summed E-state index contributed by atoms with van der Waals surface area (Å²) in [5.74, 6) is 0.572. The Morgan fingerprint density at radius 1 is 1.24 bits per heavy atom. The summed E-state index contributed by atoms with van der Waals surface area (Å²) in [6.07, 6.45) is 6.62. The molecule has 0 aromatic heterocycles. The third-order valence-electron chi connectivity index (χ3n) is 5.22. The van der Waals surface area contributed by atoms with Crippen molar-refractivity contribution in [3.63, 3.8) is 0 Å². The molecule has 0 aromatic rings. The predicted molar refractivity (Wildman–Crippen MR) is 81.1 cm³/mol. The average Bonchev–Trinajstić information content (AvgIpc) is 3.18. The van der Waals surface area contributed by atoms with E-state index in [1.54, 1.807) is 11.9 Å². The van der Waals surface area contributed by atoms with Crippen molar-refractivity contribution in [1.82, 2.24) is 10.2 Å². The standard InChI is InChI=1S/C16H28N2O3/c1-12-9-13(12)10-18(2)15(21)17-11-16(14(19)20)7-5-3-4-6-8-16/h12-13H,3-11H2,1-2H3,(H,17,21)(H,19,20). The molecule has 5 nitrogen and oxygen atoms in total. The molecule has 0 aromatic carbocycles. The number of carbonyl (C=O) groups is 2. The van der Waals surface area contributed by atoms with E-state index in [2.05, 4.69) is 12.2 Å². The van der Waals surface area contributed by atoms with Crippen LogP contribution in [0, 0.1) is 17.3 Å². The molecule has 2 atom stereocenters. The molecule has 2 fully saturated rings. The zero-order valence-electron chi connectivity index (χ0n) is 13.2. The van der Waals surface area contributed by atoms with Gasteiger partial charge in [0, 0.05) is 20.1 Å². The maximum Gasteiger partial charge on any atom is 0.317 e. The smallest absolute Gasteiger partial charge is 0.317 e. The topological polar surface area (TPSA) is 69.6 Å². The van der Waals surface area contributed by atoms with Crippen LogP contribution in [0.2, 0.25) is 0 Å². The van der Waals surface area contributed by atoms with Gasteiger partial charge in [0.2, 0.25) is 0 Å². The first-order valence-corrected chi connectivity index (χ1v) is 8.17. The van der Waals surface area contributed by atoms with Gasteiger partial charge in [-0.25, -0.2) is 4.79 Å². The van der Waals surface area contributed by atoms with E-state index in [-0.39, 0.29) is 12.6 Å². The van der Waals surface area contributed by atoms with Crippen molar-refractivity contribution in [3.8, 4) is 0 Å². The van der Waals surface area contributed by atoms with E-state index < -0.39 is 11.4 Å². The maximum atomic E-state index is 12.1. The van der Waals surface area contributed by atoms with Gasteiger partial charge >= 0.3 is 12.0 Å². The highest BCUT2D eigenvalue weighted by Crippen LogP contribution is 2.38. The van der Waals surface area contributed by atoms with Crippen LogP contribution in [0.1, 0.15) is 51.9 Å². The van der Waals surface area contributed by atoms with Crippen molar-refractivity contribution in [2.45, 2.75) is 51.9 Å². The number of hydrogen-bond donors (Lipinski definition) is 2. The van der Waals surface area contributed by atoms with Gasteiger partial charge in [-0.15, -0.1) is 0 Å². The second-order valence-electron chi connectivity index (χ2n) is 7.01. The van der Waals surface area contributed by atoms with Crippen LogP contribution in [-0.2, 0) is 4.79 Å². The van der Waals surface area contributed by atoms with Crippen LogP contribution in [0.5, 0.6) is 0 Å². The predicted octanol–water partition coefficient (Wildman–Crippen LogP) is 2.71. The molecule has 2 amide bonds. The van der Waals surface area contributed by atoms with Gasteiger partial charge in [-0.1, -0.05) is 32.6 Å². The van der Waals surface area contributed by atoms with Crippen LogP contribution < -0.4 is 5.32 Å². The lowest BCUT2D eigenvalue weighted by Gasteiger charge is -2.29. The highest BCUT2D eigenvalue weighted by molar-refractivity contribution is 5.78.